The fourth-order valence-corrected chi connectivity index (χ4v) is 1.68. The van der Waals surface area contributed by atoms with Gasteiger partial charge < -0.3 is 5.32 Å². The topological polar surface area (TPSA) is 46.2 Å². The van der Waals surface area contributed by atoms with Gasteiger partial charge in [0.25, 0.3) is 0 Å². The van der Waals surface area contributed by atoms with Crippen LogP contribution in [0.5, 0.6) is 0 Å². The maximum atomic E-state index is 11.5. The average Bonchev–Trinajstić information content (AvgIpc) is 2.27. The Hall–Kier alpha value is -1.64. The largest absolute Gasteiger partial charge is 0.389 e. The van der Waals surface area contributed by atoms with Crippen LogP contribution in [0.2, 0.25) is 0 Å². The molecule has 0 saturated heterocycles. The molecule has 3 heteroatoms. The zero-order valence-electron chi connectivity index (χ0n) is 10.0. The van der Waals surface area contributed by atoms with Crippen LogP contribution in [0.1, 0.15) is 27.2 Å². The van der Waals surface area contributed by atoms with Crippen LogP contribution in [0, 0.1) is 0 Å². The van der Waals surface area contributed by atoms with E-state index in [9.17, 15) is 9.59 Å². The van der Waals surface area contributed by atoms with Gasteiger partial charge in [-0.05, 0) is 31.9 Å². The van der Waals surface area contributed by atoms with Gasteiger partial charge in [-0.1, -0.05) is 13.5 Å². The summed E-state index contributed by atoms with van der Waals surface area (Å²) in [6, 6.07) is 0. The number of hydrogen-bond donors (Lipinski definition) is 1. The predicted molar refractivity (Wildman–Crippen MR) is 67.3 cm³/mol. The second-order valence-electron chi connectivity index (χ2n) is 3.75. The molecule has 0 radical (unpaired) electrons. The van der Waals surface area contributed by atoms with Crippen molar-refractivity contribution >= 4 is 12.2 Å². The first kappa shape index (κ1) is 12.4. The van der Waals surface area contributed by atoms with Crippen LogP contribution in [0.3, 0.4) is 0 Å². The molecule has 0 aliphatic carbocycles. The molecule has 1 N–H and O–H groups in total. The van der Waals surface area contributed by atoms with Crippen LogP contribution in [0.25, 0.3) is 12.2 Å². The molecular weight excluding hydrogens is 202 g/mol. The van der Waals surface area contributed by atoms with Gasteiger partial charge in [-0.15, -0.1) is 0 Å². The summed E-state index contributed by atoms with van der Waals surface area (Å²) in [5.74, 6) is 0. The first-order valence-electron chi connectivity index (χ1n) is 5.46. The smallest absolute Gasteiger partial charge is 0.200 e. The van der Waals surface area contributed by atoms with E-state index in [2.05, 4.69) is 11.9 Å². The van der Waals surface area contributed by atoms with Gasteiger partial charge in [0, 0.05) is 12.2 Å². The number of allylic oxidation sites excluding steroid dienone is 2. The minimum Gasteiger partial charge on any atom is -0.389 e. The summed E-state index contributed by atoms with van der Waals surface area (Å²) in [6.07, 6.45) is 2.53. The lowest BCUT2D eigenvalue weighted by atomic mass is 10.0. The number of hydrogen-bond acceptors (Lipinski definition) is 3. The van der Waals surface area contributed by atoms with E-state index >= 15 is 0 Å². The summed E-state index contributed by atoms with van der Waals surface area (Å²) in [7, 11) is 0. The van der Waals surface area contributed by atoms with Crippen LogP contribution in [0.4, 0.5) is 0 Å². The summed E-state index contributed by atoms with van der Waals surface area (Å²) >= 11 is 0. The highest BCUT2D eigenvalue weighted by atomic mass is 16.1. The van der Waals surface area contributed by atoms with Gasteiger partial charge in [0.2, 0.25) is 10.9 Å². The van der Waals surface area contributed by atoms with Gasteiger partial charge in [-0.3, -0.25) is 9.59 Å². The molecule has 0 heterocycles. The molecule has 0 atom stereocenters. The predicted octanol–water partition coefficient (Wildman–Crippen LogP) is -0.233. The molecule has 0 saturated carbocycles. The summed E-state index contributed by atoms with van der Waals surface area (Å²) in [4.78, 5) is 23.0. The van der Waals surface area contributed by atoms with E-state index in [1.54, 1.807) is 0 Å². The first-order valence-corrected chi connectivity index (χ1v) is 5.46. The highest BCUT2D eigenvalue weighted by molar-refractivity contribution is 5.58. The molecule has 0 aliphatic rings. The van der Waals surface area contributed by atoms with Crippen molar-refractivity contribution in [1.82, 2.24) is 5.32 Å². The second kappa shape index (κ2) is 4.92. The Kier molecular flexibility index (Phi) is 3.82. The Morgan fingerprint density at radius 1 is 1.31 bits per heavy atom. The van der Waals surface area contributed by atoms with Crippen molar-refractivity contribution in [1.29, 1.82) is 0 Å². The van der Waals surface area contributed by atoms with E-state index in [4.69, 9.17) is 0 Å². The van der Waals surface area contributed by atoms with Gasteiger partial charge >= 0.3 is 0 Å². The minimum atomic E-state index is -0.206. The molecule has 3 nitrogen and oxygen atoms in total. The van der Waals surface area contributed by atoms with Crippen LogP contribution in [0.15, 0.2) is 21.4 Å². The summed E-state index contributed by atoms with van der Waals surface area (Å²) in [5, 5.41) is 3.55. The number of rotatable bonds is 4. The van der Waals surface area contributed by atoms with E-state index in [1.807, 2.05) is 26.8 Å². The lowest BCUT2D eigenvalue weighted by Crippen LogP contribution is -2.64. The third-order valence-electron chi connectivity index (χ3n) is 2.55. The van der Waals surface area contributed by atoms with E-state index in [-0.39, 0.29) is 16.1 Å². The normalized spacial score (nSPS) is 11.8. The summed E-state index contributed by atoms with van der Waals surface area (Å²) in [5.41, 5.74) is 1.34. The molecule has 0 bridgehead atoms. The van der Waals surface area contributed by atoms with Crippen LogP contribution < -0.4 is 26.6 Å². The highest BCUT2D eigenvalue weighted by Crippen LogP contribution is 2.02. The van der Waals surface area contributed by atoms with Gasteiger partial charge in [0.1, 0.15) is 0 Å². The maximum Gasteiger partial charge on any atom is 0.200 e. The monoisotopic (exact) mass is 219 g/mol. The molecule has 0 amide bonds. The third-order valence-corrected chi connectivity index (χ3v) is 2.55. The molecule has 0 unspecified atom stereocenters. The molecule has 0 aromatic heterocycles. The Balaban J connectivity index is 3.35. The van der Waals surface area contributed by atoms with Crippen molar-refractivity contribution in [3.8, 4) is 0 Å². The quantitative estimate of drug-likeness (QED) is 0.760. The molecule has 0 fully saturated rings. The minimum absolute atomic E-state index is 0.107. The van der Waals surface area contributed by atoms with Gasteiger partial charge in [0.15, 0.2) is 0 Å². The zero-order chi connectivity index (χ0) is 12.3. The number of nitrogens with one attached hydrogen (secondary N) is 1. The van der Waals surface area contributed by atoms with E-state index in [0.29, 0.717) is 11.6 Å². The second-order valence-corrected chi connectivity index (χ2v) is 3.75. The fraction of sp³-hybridized carbons (Fsp3) is 0.385. The molecule has 1 rings (SSSR count). The molecule has 0 spiro atoms. The Morgan fingerprint density at radius 2 is 1.88 bits per heavy atom. The molecular formula is C13H17NO2. The lowest BCUT2D eigenvalue weighted by molar-refractivity contribution is 0.854. The highest BCUT2D eigenvalue weighted by Gasteiger charge is 2.09. The molecule has 1 aromatic carbocycles. The Labute approximate surface area is 94.5 Å². The molecule has 1 aromatic rings. The average molecular weight is 219 g/mol. The summed E-state index contributed by atoms with van der Waals surface area (Å²) in [6.45, 7) is 10.1. The van der Waals surface area contributed by atoms with Crippen LogP contribution in [-0.2, 0) is 0 Å². The van der Waals surface area contributed by atoms with Crippen LogP contribution >= 0.6 is 0 Å². The molecule has 16 heavy (non-hydrogen) atoms. The Bertz CT molecular complexity index is 554. The van der Waals surface area contributed by atoms with Crippen molar-refractivity contribution < 1.29 is 0 Å². The van der Waals surface area contributed by atoms with E-state index in [0.717, 1.165) is 17.8 Å². The lowest BCUT2D eigenvalue weighted by Gasteiger charge is -2.05. The first-order chi connectivity index (χ1) is 7.52. The zero-order valence-corrected chi connectivity index (χ0v) is 10.0. The van der Waals surface area contributed by atoms with Crippen molar-refractivity contribution in [3.05, 3.63) is 42.7 Å². The Morgan fingerprint density at radius 3 is 2.31 bits per heavy atom. The molecule has 0 aliphatic heterocycles. The van der Waals surface area contributed by atoms with Crippen LogP contribution in [-0.4, -0.2) is 6.54 Å². The van der Waals surface area contributed by atoms with Gasteiger partial charge in [-0.2, -0.15) is 0 Å². The van der Waals surface area contributed by atoms with Crippen molar-refractivity contribution in [3.63, 3.8) is 0 Å². The van der Waals surface area contributed by atoms with Crippen molar-refractivity contribution in [2.24, 2.45) is 0 Å². The maximum absolute atomic E-state index is 11.5. The molecule has 86 valence electrons. The SMILES string of the molecule is C=c1c(=O)c(=C(C=C(C)NCC)CC)c1=O. The third kappa shape index (κ3) is 2.13. The van der Waals surface area contributed by atoms with Gasteiger partial charge in [-0.25, -0.2) is 0 Å². The fourth-order valence-electron chi connectivity index (χ4n) is 1.68. The standard InChI is InChI=1S/C13H17NO2/c1-5-10(7-8(3)14-6-2)11-12(15)9(4)13(11)16/h7,14H,4-6H2,1-3H3. The summed E-state index contributed by atoms with van der Waals surface area (Å²) < 4.78 is 0. The van der Waals surface area contributed by atoms with E-state index < -0.39 is 0 Å². The van der Waals surface area contributed by atoms with E-state index in [1.165, 1.54) is 0 Å². The van der Waals surface area contributed by atoms with Crippen molar-refractivity contribution in [2.75, 3.05) is 6.54 Å². The van der Waals surface area contributed by atoms with Crippen molar-refractivity contribution in [2.45, 2.75) is 27.2 Å². The van der Waals surface area contributed by atoms with Gasteiger partial charge in [0.05, 0.1) is 10.4 Å².